The van der Waals surface area contributed by atoms with Gasteiger partial charge in [-0.3, -0.25) is 4.79 Å². The second-order valence-corrected chi connectivity index (χ2v) is 7.06. The number of nitrogens with one attached hydrogen (secondary N) is 1. The summed E-state index contributed by atoms with van der Waals surface area (Å²) in [7, 11) is 0. The maximum absolute atomic E-state index is 12.4. The summed E-state index contributed by atoms with van der Waals surface area (Å²) in [5.41, 5.74) is 5.67. The van der Waals surface area contributed by atoms with Crippen LogP contribution >= 0.6 is 15.9 Å². The van der Waals surface area contributed by atoms with Crippen molar-refractivity contribution in [1.82, 2.24) is 9.78 Å². The fraction of sp³-hybridized carbons (Fsp3) is 0.200. The van der Waals surface area contributed by atoms with E-state index in [0.29, 0.717) is 6.42 Å². The molecule has 2 aromatic carbocycles. The molecule has 0 saturated carbocycles. The smallest absolute Gasteiger partial charge is 0.228 e. The molecule has 0 fully saturated rings. The number of nitrogens with zero attached hydrogens (tertiary/aromatic N) is 2. The van der Waals surface area contributed by atoms with Gasteiger partial charge >= 0.3 is 0 Å². The lowest BCUT2D eigenvalue weighted by Crippen LogP contribution is -2.15. The van der Waals surface area contributed by atoms with Gasteiger partial charge in [0.05, 0.1) is 29.2 Å². The van der Waals surface area contributed by atoms with Crippen LogP contribution in [-0.4, -0.2) is 15.7 Å². The van der Waals surface area contributed by atoms with Gasteiger partial charge in [0.15, 0.2) is 0 Å². The molecule has 3 aromatic rings. The Labute approximate surface area is 156 Å². The molecule has 0 radical (unpaired) electrons. The van der Waals surface area contributed by atoms with E-state index in [9.17, 15) is 4.79 Å². The van der Waals surface area contributed by atoms with Crippen molar-refractivity contribution in [3.05, 3.63) is 75.5 Å². The zero-order chi connectivity index (χ0) is 18.0. The molecular formula is C20H20BrN3O. The van der Waals surface area contributed by atoms with Crippen molar-refractivity contribution in [1.29, 1.82) is 0 Å². The van der Waals surface area contributed by atoms with E-state index in [4.69, 9.17) is 0 Å². The van der Waals surface area contributed by atoms with Crippen molar-refractivity contribution in [3.8, 4) is 5.69 Å². The predicted octanol–water partition coefficient (Wildman–Crippen LogP) is 4.74. The number of hydrogen-bond acceptors (Lipinski definition) is 2. The zero-order valence-electron chi connectivity index (χ0n) is 14.5. The summed E-state index contributed by atoms with van der Waals surface area (Å²) in [4.78, 5) is 12.4. The van der Waals surface area contributed by atoms with Crippen LogP contribution in [-0.2, 0) is 11.2 Å². The minimum absolute atomic E-state index is 0.0445. The molecule has 4 nitrogen and oxygen atoms in total. The van der Waals surface area contributed by atoms with Crippen LogP contribution < -0.4 is 5.32 Å². The van der Waals surface area contributed by atoms with Gasteiger partial charge in [0.2, 0.25) is 5.91 Å². The number of carbonyl (C=O) groups is 1. The third-order valence-corrected chi connectivity index (χ3v) is 4.64. The molecule has 0 aliphatic rings. The van der Waals surface area contributed by atoms with Crippen LogP contribution in [0.3, 0.4) is 0 Å². The van der Waals surface area contributed by atoms with Gasteiger partial charge in [0, 0.05) is 4.47 Å². The van der Waals surface area contributed by atoms with Gasteiger partial charge in [-0.05, 0) is 50.6 Å². The molecule has 1 amide bonds. The van der Waals surface area contributed by atoms with Crippen molar-refractivity contribution in [2.24, 2.45) is 0 Å². The molecule has 0 atom stereocenters. The molecule has 5 heteroatoms. The molecular weight excluding hydrogens is 378 g/mol. The van der Waals surface area contributed by atoms with Gasteiger partial charge in [-0.25, -0.2) is 4.68 Å². The quantitative estimate of drug-likeness (QED) is 0.690. The minimum atomic E-state index is -0.0445. The first kappa shape index (κ1) is 17.4. The molecule has 0 aliphatic carbocycles. The number of halogens is 1. The van der Waals surface area contributed by atoms with Gasteiger partial charge in [0.1, 0.15) is 0 Å². The molecule has 0 saturated heterocycles. The average Bonchev–Trinajstić information content (AvgIpc) is 2.86. The molecule has 0 aliphatic heterocycles. The minimum Gasteiger partial charge on any atom is -0.323 e. The number of hydrogen-bond donors (Lipinski definition) is 1. The first-order valence-corrected chi connectivity index (χ1v) is 8.91. The Kier molecular flexibility index (Phi) is 5.04. The van der Waals surface area contributed by atoms with E-state index in [1.807, 2.05) is 54.9 Å². The highest BCUT2D eigenvalue weighted by molar-refractivity contribution is 9.10. The monoisotopic (exact) mass is 397 g/mol. The summed E-state index contributed by atoms with van der Waals surface area (Å²) >= 11 is 3.40. The second-order valence-electron chi connectivity index (χ2n) is 6.14. The molecule has 0 spiro atoms. The molecule has 1 N–H and O–H groups in total. The van der Waals surface area contributed by atoms with Crippen LogP contribution in [0.5, 0.6) is 0 Å². The Hall–Kier alpha value is -2.40. The summed E-state index contributed by atoms with van der Waals surface area (Å²) in [6.07, 6.45) is 0.335. The third kappa shape index (κ3) is 3.99. The van der Waals surface area contributed by atoms with Crippen molar-refractivity contribution in [2.75, 3.05) is 5.32 Å². The highest BCUT2D eigenvalue weighted by atomic mass is 79.9. The largest absolute Gasteiger partial charge is 0.323 e. The number of aryl methyl sites for hydroxylation is 2. The lowest BCUT2D eigenvalue weighted by atomic mass is 10.1. The molecule has 1 aromatic heterocycles. The Morgan fingerprint density at radius 3 is 2.32 bits per heavy atom. The Morgan fingerprint density at radius 2 is 1.68 bits per heavy atom. The lowest BCUT2D eigenvalue weighted by molar-refractivity contribution is -0.115. The predicted molar refractivity (Wildman–Crippen MR) is 104 cm³/mol. The summed E-state index contributed by atoms with van der Waals surface area (Å²) in [6, 6.07) is 15.9. The zero-order valence-corrected chi connectivity index (χ0v) is 16.1. The first-order chi connectivity index (χ1) is 11.9. The van der Waals surface area contributed by atoms with Gasteiger partial charge in [-0.15, -0.1) is 0 Å². The summed E-state index contributed by atoms with van der Waals surface area (Å²) in [5, 5.41) is 7.59. The van der Waals surface area contributed by atoms with E-state index in [2.05, 4.69) is 45.4 Å². The Bertz CT molecular complexity index is 896. The molecule has 3 rings (SSSR count). The first-order valence-electron chi connectivity index (χ1n) is 8.11. The fourth-order valence-electron chi connectivity index (χ4n) is 2.73. The van der Waals surface area contributed by atoms with Crippen LogP contribution in [0.25, 0.3) is 5.69 Å². The number of amides is 1. The lowest BCUT2D eigenvalue weighted by Gasteiger charge is -2.08. The number of benzene rings is 2. The summed E-state index contributed by atoms with van der Waals surface area (Å²) in [5.74, 6) is -0.0445. The Balaban J connectivity index is 1.79. The number of anilines is 1. The van der Waals surface area contributed by atoms with E-state index in [0.717, 1.165) is 32.8 Å². The average molecular weight is 398 g/mol. The highest BCUT2D eigenvalue weighted by Crippen LogP contribution is 2.23. The fourth-order valence-corrected chi connectivity index (χ4v) is 3.00. The van der Waals surface area contributed by atoms with Gasteiger partial charge in [-0.1, -0.05) is 45.8 Å². The van der Waals surface area contributed by atoms with E-state index < -0.39 is 0 Å². The van der Waals surface area contributed by atoms with Crippen LogP contribution in [0, 0.1) is 20.8 Å². The summed E-state index contributed by atoms with van der Waals surface area (Å²) < 4.78 is 2.87. The molecule has 0 unspecified atom stereocenters. The third-order valence-electron chi connectivity index (χ3n) is 4.11. The van der Waals surface area contributed by atoms with Gasteiger partial charge in [-0.2, -0.15) is 5.10 Å². The standard InChI is InChI=1S/C20H20BrN3O/c1-13-4-10-18(11-5-13)24-15(3)20(14(2)23-24)22-19(25)12-16-6-8-17(21)9-7-16/h4-11H,12H2,1-3H3,(H,22,25). The number of rotatable bonds is 4. The Morgan fingerprint density at radius 1 is 1.04 bits per heavy atom. The second kappa shape index (κ2) is 7.23. The van der Waals surface area contributed by atoms with E-state index in [1.54, 1.807) is 0 Å². The molecule has 0 bridgehead atoms. The maximum Gasteiger partial charge on any atom is 0.228 e. The topological polar surface area (TPSA) is 46.9 Å². The SMILES string of the molecule is Cc1ccc(-n2nc(C)c(NC(=O)Cc3ccc(Br)cc3)c2C)cc1. The van der Waals surface area contributed by atoms with Gasteiger partial charge in [0.25, 0.3) is 0 Å². The van der Waals surface area contributed by atoms with Crippen LogP contribution in [0.2, 0.25) is 0 Å². The van der Waals surface area contributed by atoms with Crippen LogP contribution in [0.1, 0.15) is 22.5 Å². The van der Waals surface area contributed by atoms with Gasteiger partial charge < -0.3 is 5.32 Å². The van der Waals surface area contributed by atoms with Crippen LogP contribution in [0.4, 0.5) is 5.69 Å². The van der Waals surface area contributed by atoms with E-state index in [-0.39, 0.29) is 5.91 Å². The molecule has 1 heterocycles. The number of carbonyl (C=O) groups excluding carboxylic acids is 1. The highest BCUT2D eigenvalue weighted by Gasteiger charge is 2.15. The van der Waals surface area contributed by atoms with Crippen molar-refractivity contribution in [2.45, 2.75) is 27.2 Å². The number of aromatic nitrogens is 2. The normalized spacial score (nSPS) is 10.7. The van der Waals surface area contributed by atoms with Crippen molar-refractivity contribution >= 4 is 27.5 Å². The molecule has 128 valence electrons. The van der Waals surface area contributed by atoms with Crippen molar-refractivity contribution in [3.63, 3.8) is 0 Å². The van der Waals surface area contributed by atoms with Crippen molar-refractivity contribution < 1.29 is 4.79 Å². The van der Waals surface area contributed by atoms with E-state index in [1.165, 1.54) is 5.56 Å². The van der Waals surface area contributed by atoms with Crippen LogP contribution in [0.15, 0.2) is 53.0 Å². The van der Waals surface area contributed by atoms with E-state index >= 15 is 0 Å². The maximum atomic E-state index is 12.4. The summed E-state index contributed by atoms with van der Waals surface area (Å²) in [6.45, 7) is 5.93. The molecule has 25 heavy (non-hydrogen) atoms.